The summed E-state index contributed by atoms with van der Waals surface area (Å²) in [6, 6.07) is 0.508. The smallest absolute Gasteiger partial charge is 0.0962 e. The van der Waals surface area contributed by atoms with E-state index in [1.54, 1.807) is 4.88 Å². The minimum absolute atomic E-state index is 0.508. The first-order valence-electron chi connectivity index (χ1n) is 7.76. The van der Waals surface area contributed by atoms with Crippen LogP contribution in [0.5, 0.6) is 0 Å². The summed E-state index contributed by atoms with van der Waals surface area (Å²) in [5.41, 5.74) is 1.93. The predicted octanol–water partition coefficient (Wildman–Crippen LogP) is 4.42. The molecule has 1 heterocycles. The van der Waals surface area contributed by atoms with Crippen LogP contribution in [-0.2, 0) is 6.42 Å². The fourth-order valence-corrected chi connectivity index (χ4v) is 4.88. The molecule has 1 fully saturated rings. The third kappa shape index (κ3) is 2.73. The second kappa shape index (κ2) is 5.17. The minimum Gasteiger partial charge on any atom is -0.312 e. The van der Waals surface area contributed by atoms with E-state index >= 15 is 0 Å². The van der Waals surface area contributed by atoms with Gasteiger partial charge in [0.1, 0.15) is 0 Å². The van der Waals surface area contributed by atoms with Gasteiger partial charge in [-0.05, 0) is 57.4 Å². The highest BCUT2D eigenvalue weighted by atomic mass is 32.1. The Morgan fingerprint density at radius 1 is 1.21 bits per heavy atom. The summed E-state index contributed by atoms with van der Waals surface area (Å²) in [6.07, 6.45) is 9.22. The van der Waals surface area contributed by atoms with Gasteiger partial charge in [0.05, 0.1) is 16.7 Å². The number of nitrogens with one attached hydrogen (secondary N) is 1. The Morgan fingerprint density at radius 2 is 1.95 bits per heavy atom. The monoisotopic (exact) mass is 278 g/mol. The van der Waals surface area contributed by atoms with Crippen molar-refractivity contribution in [1.82, 2.24) is 10.3 Å². The Labute approximate surface area is 121 Å². The van der Waals surface area contributed by atoms with Gasteiger partial charge in [0.2, 0.25) is 0 Å². The maximum atomic E-state index is 5.03. The largest absolute Gasteiger partial charge is 0.312 e. The summed E-state index contributed by atoms with van der Waals surface area (Å²) >= 11 is 2.01. The van der Waals surface area contributed by atoms with E-state index < -0.39 is 0 Å². The van der Waals surface area contributed by atoms with E-state index in [2.05, 4.69) is 26.2 Å². The van der Waals surface area contributed by atoms with Crippen LogP contribution >= 0.6 is 11.3 Å². The first-order chi connectivity index (χ1) is 9.09. The Morgan fingerprint density at radius 3 is 2.63 bits per heavy atom. The standard InChI is InChI=1S/C16H26N2S/c1-16(2)9-7-11(8-10-16)15-18-14-12(17-3)5-4-6-13(14)19-15/h11-12,17H,4-10H2,1-3H3. The molecule has 1 atom stereocenters. The van der Waals surface area contributed by atoms with Crippen molar-refractivity contribution >= 4 is 11.3 Å². The Hall–Kier alpha value is -0.410. The third-order valence-corrected chi connectivity index (χ3v) is 6.30. The molecule has 0 radical (unpaired) electrons. The minimum atomic E-state index is 0.508. The molecule has 0 aromatic carbocycles. The van der Waals surface area contributed by atoms with Gasteiger partial charge in [0.25, 0.3) is 0 Å². The Kier molecular flexibility index (Phi) is 3.69. The summed E-state index contributed by atoms with van der Waals surface area (Å²) in [5, 5.41) is 4.87. The Balaban J connectivity index is 1.78. The molecular weight excluding hydrogens is 252 g/mol. The second-order valence-corrected chi connectivity index (χ2v) is 8.15. The molecule has 2 nitrogen and oxygen atoms in total. The molecule has 3 heteroatoms. The van der Waals surface area contributed by atoms with Crippen LogP contribution in [0.3, 0.4) is 0 Å². The quantitative estimate of drug-likeness (QED) is 0.866. The van der Waals surface area contributed by atoms with Crippen LogP contribution in [-0.4, -0.2) is 12.0 Å². The molecule has 1 unspecified atom stereocenters. The van der Waals surface area contributed by atoms with Crippen LogP contribution in [0.1, 0.15) is 79.9 Å². The number of aromatic nitrogens is 1. The number of hydrogen-bond acceptors (Lipinski definition) is 3. The van der Waals surface area contributed by atoms with Crippen LogP contribution in [0.25, 0.3) is 0 Å². The number of aryl methyl sites for hydroxylation is 1. The molecule has 0 aliphatic heterocycles. The molecule has 0 amide bonds. The van der Waals surface area contributed by atoms with E-state index in [4.69, 9.17) is 4.98 Å². The van der Waals surface area contributed by atoms with Crippen molar-refractivity contribution in [3.05, 3.63) is 15.6 Å². The van der Waals surface area contributed by atoms with Gasteiger partial charge in [-0.25, -0.2) is 4.98 Å². The predicted molar refractivity (Wildman–Crippen MR) is 81.8 cm³/mol. The molecular formula is C16H26N2S. The van der Waals surface area contributed by atoms with Gasteiger partial charge in [0, 0.05) is 10.8 Å². The van der Waals surface area contributed by atoms with Crippen molar-refractivity contribution in [2.45, 2.75) is 70.8 Å². The van der Waals surface area contributed by atoms with Crippen molar-refractivity contribution in [1.29, 1.82) is 0 Å². The molecule has 1 N–H and O–H groups in total. The Bertz CT molecular complexity index is 440. The van der Waals surface area contributed by atoms with Crippen molar-refractivity contribution in [3.63, 3.8) is 0 Å². The highest BCUT2D eigenvalue weighted by Gasteiger charge is 2.31. The van der Waals surface area contributed by atoms with Gasteiger partial charge in [-0.3, -0.25) is 0 Å². The summed E-state index contributed by atoms with van der Waals surface area (Å²) < 4.78 is 0. The van der Waals surface area contributed by atoms with E-state index in [1.165, 1.54) is 55.6 Å². The molecule has 0 saturated heterocycles. The molecule has 19 heavy (non-hydrogen) atoms. The first-order valence-corrected chi connectivity index (χ1v) is 8.57. The van der Waals surface area contributed by atoms with Crippen LogP contribution < -0.4 is 5.32 Å². The van der Waals surface area contributed by atoms with Crippen molar-refractivity contribution < 1.29 is 0 Å². The van der Waals surface area contributed by atoms with Crippen LogP contribution in [0.2, 0.25) is 0 Å². The van der Waals surface area contributed by atoms with E-state index in [1.807, 2.05) is 11.3 Å². The normalized spacial score (nSPS) is 27.2. The highest BCUT2D eigenvalue weighted by molar-refractivity contribution is 7.11. The summed E-state index contributed by atoms with van der Waals surface area (Å²) in [7, 11) is 2.07. The first kappa shape index (κ1) is 13.6. The number of hydrogen-bond donors (Lipinski definition) is 1. The lowest BCUT2D eigenvalue weighted by Gasteiger charge is -2.33. The molecule has 1 aromatic heterocycles. The zero-order chi connectivity index (χ0) is 13.5. The fraction of sp³-hybridized carbons (Fsp3) is 0.812. The van der Waals surface area contributed by atoms with Gasteiger partial charge in [-0.1, -0.05) is 13.8 Å². The maximum absolute atomic E-state index is 5.03. The summed E-state index contributed by atoms with van der Waals surface area (Å²) in [4.78, 5) is 6.59. The lowest BCUT2D eigenvalue weighted by Crippen LogP contribution is -2.22. The van der Waals surface area contributed by atoms with E-state index in [0.717, 1.165) is 5.92 Å². The van der Waals surface area contributed by atoms with Gasteiger partial charge >= 0.3 is 0 Å². The van der Waals surface area contributed by atoms with Crippen LogP contribution in [0.4, 0.5) is 0 Å². The summed E-state index contributed by atoms with van der Waals surface area (Å²) in [5.74, 6) is 0.737. The van der Waals surface area contributed by atoms with E-state index in [9.17, 15) is 0 Å². The average Bonchev–Trinajstić information content (AvgIpc) is 2.82. The molecule has 0 bridgehead atoms. The molecule has 3 rings (SSSR count). The number of fused-ring (bicyclic) bond motifs is 1. The highest BCUT2D eigenvalue weighted by Crippen LogP contribution is 2.45. The fourth-order valence-electron chi connectivity index (χ4n) is 3.54. The van der Waals surface area contributed by atoms with Gasteiger partial charge < -0.3 is 5.32 Å². The number of rotatable bonds is 2. The van der Waals surface area contributed by atoms with Gasteiger partial charge in [-0.15, -0.1) is 11.3 Å². The zero-order valence-corrected chi connectivity index (χ0v) is 13.3. The lowest BCUT2D eigenvalue weighted by atomic mass is 9.73. The van der Waals surface area contributed by atoms with Crippen LogP contribution in [0, 0.1) is 5.41 Å². The maximum Gasteiger partial charge on any atom is 0.0962 e. The average molecular weight is 278 g/mol. The summed E-state index contributed by atoms with van der Waals surface area (Å²) in [6.45, 7) is 4.82. The lowest BCUT2D eigenvalue weighted by molar-refractivity contribution is 0.224. The van der Waals surface area contributed by atoms with Crippen molar-refractivity contribution in [3.8, 4) is 0 Å². The SMILES string of the molecule is CNC1CCCc2sc(C3CCC(C)(C)CC3)nc21. The van der Waals surface area contributed by atoms with Crippen LogP contribution in [0.15, 0.2) is 0 Å². The third-order valence-electron chi connectivity index (χ3n) is 5.01. The van der Waals surface area contributed by atoms with E-state index in [-0.39, 0.29) is 0 Å². The van der Waals surface area contributed by atoms with Crippen molar-refractivity contribution in [2.24, 2.45) is 5.41 Å². The molecule has 0 spiro atoms. The second-order valence-electron chi connectivity index (χ2n) is 7.03. The van der Waals surface area contributed by atoms with E-state index in [0.29, 0.717) is 11.5 Å². The molecule has 106 valence electrons. The number of nitrogens with zero attached hydrogens (tertiary/aromatic N) is 1. The molecule has 1 saturated carbocycles. The topological polar surface area (TPSA) is 24.9 Å². The van der Waals surface area contributed by atoms with Gasteiger partial charge in [0.15, 0.2) is 0 Å². The molecule has 2 aliphatic rings. The molecule has 2 aliphatic carbocycles. The number of thiazole rings is 1. The zero-order valence-electron chi connectivity index (χ0n) is 12.5. The molecule has 1 aromatic rings. The van der Waals surface area contributed by atoms with Gasteiger partial charge in [-0.2, -0.15) is 0 Å². The van der Waals surface area contributed by atoms with Crippen molar-refractivity contribution in [2.75, 3.05) is 7.05 Å².